The second-order valence-corrected chi connectivity index (χ2v) is 5.01. The lowest BCUT2D eigenvalue weighted by molar-refractivity contribution is 0.628. The maximum atomic E-state index is 13.2. The number of benzene rings is 2. The number of nitrogens with zero attached hydrogens (tertiary/aromatic N) is 4. The molecule has 7 heteroatoms. The van der Waals surface area contributed by atoms with E-state index in [2.05, 4.69) is 15.5 Å². The molecular formula is C14H11ClFN5. The number of rotatable bonds is 2. The van der Waals surface area contributed by atoms with Crippen LogP contribution in [0.3, 0.4) is 0 Å². The van der Waals surface area contributed by atoms with Gasteiger partial charge >= 0.3 is 0 Å². The number of nitrogens with two attached hydrogens (primary N) is 1. The Morgan fingerprint density at radius 3 is 2.76 bits per heavy atom. The third kappa shape index (κ3) is 2.45. The predicted molar refractivity (Wildman–Crippen MR) is 78.7 cm³/mol. The van der Waals surface area contributed by atoms with Crippen LogP contribution < -0.4 is 5.73 Å². The molecule has 0 bridgehead atoms. The molecule has 0 saturated carbocycles. The zero-order valence-corrected chi connectivity index (χ0v) is 11.8. The van der Waals surface area contributed by atoms with Gasteiger partial charge in [0.2, 0.25) is 0 Å². The van der Waals surface area contributed by atoms with Crippen molar-refractivity contribution < 1.29 is 4.39 Å². The number of tetrazole rings is 1. The van der Waals surface area contributed by atoms with Crippen LogP contribution >= 0.6 is 11.6 Å². The van der Waals surface area contributed by atoms with E-state index in [4.69, 9.17) is 17.3 Å². The highest BCUT2D eigenvalue weighted by atomic mass is 35.5. The number of aryl methyl sites for hydroxylation is 1. The highest BCUT2D eigenvalue weighted by Crippen LogP contribution is 2.28. The Balaban J connectivity index is 2.19. The molecule has 5 nitrogen and oxygen atoms in total. The fourth-order valence-corrected chi connectivity index (χ4v) is 2.24. The molecule has 0 unspecified atom stereocenters. The molecule has 0 aliphatic rings. The number of halogens is 2. The first kappa shape index (κ1) is 13.5. The number of aromatic nitrogens is 4. The van der Waals surface area contributed by atoms with Gasteiger partial charge in [0.05, 0.1) is 10.7 Å². The molecule has 0 spiro atoms. The van der Waals surface area contributed by atoms with E-state index < -0.39 is 5.82 Å². The molecule has 3 aromatic rings. The molecule has 0 fully saturated rings. The third-order valence-electron chi connectivity index (χ3n) is 3.05. The van der Waals surface area contributed by atoms with E-state index in [0.29, 0.717) is 22.1 Å². The average Bonchev–Trinajstić information content (AvgIpc) is 2.90. The lowest BCUT2D eigenvalue weighted by Crippen LogP contribution is -2.03. The van der Waals surface area contributed by atoms with Gasteiger partial charge < -0.3 is 5.73 Å². The molecule has 0 aliphatic carbocycles. The van der Waals surface area contributed by atoms with Crippen LogP contribution in [-0.4, -0.2) is 20.2 Å². The van der Waals surface area contributed by atoms with Gasteiger partial charge in [0, 0.05) is 11.3 Å². The SMILES string of the molecule is Cc1ccc(Cl)c(-n2nnnc2-c2ccc(F)cc2N)c1. The normalized spacial score (nSPS) is 10.8. The minimum Gasteiger partial charge on any atom is -0.398 e. The molecule has 1 heterocycles. The summed E-state index contributed by atoms with van der Waals surface area (Å²) in [5, 5.41) is 12.1. The maximum Gasteiger partial charge on any atom is 0.189 e. The van der Waals surface area contributed by atoms with Gasteiger partial charge in [0.1, 0.15) is 5.82 Å². The Bertz CT molecular complexity index is 815. The van der Waals surface area contributed by atoms with Crippen LogP contribution in [-0.2, 0) is 0 Å². The van der Waals surface area contributed by atoms with Crippen molar-refractivity contribution in [3.63, 3.8) is 0 Å². The van der Waals surface area contributed by atoms with Crippen molar-refractivity contribution in [1.29, 1.82) is 0 Å². The fourth-order valence-electron chi connectivity index (χ4n) is 2.04. The minimum atomic E-state index is -0.413. The zero-order valence-electron chi connectivity index (χ0n) is 11.1. The van der Waals surface area contributed by atoms with Gasteiger partial charge in [-0.2, -0.15) is 4.68 Å². The van der Waals surface area contributed by atoms with Crippen molar-refractivity contribution in [2.24, 2.45) is 0 Å². The molecule has 21 heavy (non-hydrogen) atoms. The summed E-state index contributed by atoms with van der Waals surface area (Å²) in [4.78, 5) is 0. The quantitative estimate of drug-likeness (QED) is 0.739. The first-order chi connectivity index (χ1) is 10.1. The third-order valence-corrected chi connectivity index (χ3v) is 3.37. The number of hydrogen-bond donors (Lipinski definition) is 1. The highest BCUT2D eigenvalue weighted by Gasteiger charge is 2.16. The number of hydrogen-bond acceptors (Lipinski definition) is 4. The molecule has 0 amide bonds. The summed E-state index contributed by atoms with van der Waals surface area (Å²) in [5.74, 6) is -0.0103. The molecule has 2 aromatic carbocycles. The van der Waals surface area contributed by atoms with Gasteiger partial charge in [0.25, 0.3) is 0 Å². The van der Waals surface area contributed by atoms with Crippen LogP contribution in [0.2, 0.25) is 5.02 Å². The summed E-state index contributed by atoms with van der Waals surface area (Å²) >= 11 is 6.20. The zero-order chi connectivity index (χ0) is 15.0. The number of anilines is 1. The first-order valence-electron chi connectivity index (χ1n) is 6.16. The predicted octanol–water partition coefficient (Wildman–Crippen LogP) is 3.01. The Morgan fingerprint density at radius 2 is 2.00 bits per heavy atom. The van der Waals surface area contributed by atoms with E-state index in [1.54, 1.807) is 6.07 Å². The maximum absolute atomic E-state index is 13.2. The molecule has 0 radical (unpaired) electrons. The average molecular weight is 304 g/mol. The van der Waals surface area contributed by atoms with Crippen LogP contribution in [0.15, 0.2) is 36.4 Å². The van der Waals surface area contributed by atoms with Crippen molar-refractivity contribution in [3.8, 4) is 17.1 Å². The summed E-state index contributed by atoms with van der Waals surface area (Å²) in [6.07, 6.45) is 0. The second kappa shape index (κ2) is 5.14. The topological polar surface area (TPSA) is 69.6 Å². The Hall–Kier alpha value is -2.47. The van der Waals surface area contributed by atoms with Crippen molar-refractivity contribution in [3.05, 3.63) is 52.8 Å². The van der Waals surface area contributed by atoms with Gasteiger partial charge in [-0.1, -0.05) is 17.7 Å². The van der Waals surface area contributed by atoms with Gasteiger partial charge in [-0.15, -0.1) is 5.10 Å². The standard InChI is InChI=1S/C14H11ClFN5/c1-8-2-5-11(15)13(6-8)21-14(18-19-20-21)10-4-3-9(16)7-12(10)17/h2-7H,17H2,1H3. The van der Waals surface area contributed by atoms with E-state index in [9.17, 15) is 4.39 Å². The lowest BCUT2D eigenvalue weighted by Gasteiger charge is -2.09. The Labute approximate surface area is 125 Å². The second-order valence-electron chi connectivity index (χ2n) is 4.60. The first-order valence-corrected chi connectivity index (χ1v) is 6.54. The van der Waals surface area contributed by atoms with Crippen LogP contribution in [0, 0.1) is 12.7 Å². The monoisotopic (exact) mass is 303 g/mol. The molecule has 1 aromatic heterocycles. The van der Waals surface area contributed by atoms with E-state index in [1.165, 1.54) is 22.9 Å². The Kier molecular flexibility index (Phi) is 3.31. The van der Waals surface area contributed by atoms with E-state index in [0.717, 1.165) is 5.56 Å². The molecule has 2 N–H and O–H groups in total. The van der Waals surface area contributed by atoms with Gasteiger partial charge in [0.15, 0.2) is 5.82 Å². The molecule has 0 aliphatic heterocycles. The highest BCUT2D eigenvalue weighted by molar-refractivity contribution is 6.32. The molecule has 0 atom stereocenters. The summed E-state index contributed by atoms with van der Waals surface area (Å²) in [6.45, 7) is 1.94. The smallest absolute Gasteiger partial charge is 0.189 e. The summed E-state index contributed by atoms with van der Waals surface area (Å²) < 4.78 is 14.7. The van der Waals surface area contributed by atoms with Crippen molar-refractivity contribution in [2.75, 3.05) is 5.73 Å². The molecule has 0 saturated heterocycles. The van der Waals surface area contributed by atoms with Crippen molar-refractivity contribution in [1.82, 2.24) is 20.2 Å². The largest absolute Gasteiger partial charge is 0.398 e. The summed E-state index contributed by atoms with van der Waals surface area (Å²) in [7, 11) is 0. The van der Waals surface area contributed by atoms with Gasteiger partial charge in [-0.25, -0.2) is 4.39 Å². The van der Waals surface area contributed by atoms with Gasteiger partial charge in [-0.05, 0) is 53.2 Å². The van der Waals surface area contributed by atoms with E-state index >= 15 is 0 Å². The van der Waals surface area contributed by atoms with E-state index in [1.807, 2.05) is 19.1 Å². The van der Waals surface area contributed by atoms with E-state index in [-0.39, 0.29) is 5.69 Å². The summed E-state index contributed by atoms with van der Waals surface area (Å²) in [6, 6.07) is 9.60. The molecule has 106 valence electrons. The fraction of sp³-hybridized carbons (Fsp3) is 0.0714. The summed E-state index contributed by atoms with van der Waals surface area (Å²) in [5.41, 5.74) is 8.30. The van der Waals surface area contributed by atoms with Crippen molar-refractivity contribution in [2.45, 2.75) is 6.92 Å². The molecule has 3 rings (SSSR count). The van der Waals surface area contributed by atoms with Crippen LogP contribution in [0.25, 0.3) is 17.1 Å². The number of nitrogen functional groups attached to an aromatic ring is 1. The Morgan fingerprint density at radius 1 is 1.19 bits per heavy atom. The molecular weight excluding hydrogens is 293 g/mol. The van der Waals surface area contributed by atoms with Crippen LogP contribution in [0.4, 0.5) is 10.1 Å². The van der Waals surface area contributed by atoms with Gasteiger partial charge in [-0.3, -0.25) is 0 Å². The van der Waals surface area contributed by atoms with Crippen LogP contribution in [0.5, 0.6) is 0 Å². The lowest BCUT2D eigenvalue weighted by atomic mass is 10.1. The van der Waals surface area contributed by atoms with Crippen molar-refractivity contribution >= 4 is 17.3 Å². The van der Waals surface area contributed by atoms with Crippen LogP contribution in [0.1, 0.15) is 5.56 Å². The minimum absolute atomic E-state index is 0.259.